The van der Waals surface area contributed by atoms with Gasteiger partial charge in [-0.2, -0.15) is 0 Å². The minimum Gasteiger partial charge on any atom is -0.320 e. The van der Waals surface area contributed by atoms with Gasteiger partial charge in [-0.25, -0.2) is 0 Å². The van der Waals surface area contributed by atoms with E-state index >= 15 is 0 Å². The van der Waals surface area contributed by atoms with Crippen LogP contribution in [0.5, 0.6) is 0 Å². The predicted octanol–water partition coefficient (Wildman–Crippen LogP) is 3.41. The number of benzene rings is 1. The van der Waals surface area contributed by atoms with Crippen molar-refractivity contribution in [1.82, 2.24) is 5.32 Å². The maximum Gasteiger partial charge on any atom is -0.00461 e. The molecule has 1 heteroatoms. The minimum absolute atomic E-state index is 0.706. The Hall–Kier alpha value is -0.820. The van der Waals surface area contributed by atoms with Crippen molar-refractivity contribution in [2.45, 2.75) is 39.5 Å². The number of hydrogen-bond donors (Lipinski definition) is 1. The van der Waals surface area contributed by atoms with E-state index in [1.807, 2.05) is 7.05 Å². The summed E-state index contributed by atoms with van der Waals surface area (Å²) in [6.07, 6.45) is 2.46. The molecule has 0 amide bonds. The first kappa shape index (κ1) is 12.3. The van der Waals surface area contributed by atoms with E-state index in [1.54, 1.807) is 0 Å². The van der Waals surface area contributed by atoms with Crippen molar-refractivity contribution < 1.29 is 0 Å². The van der Waals surface area contributed by atoms with Gasteiger partial charge in [-0.05, 0) is 62.9 Å². The van der Waals surface area contributed by atoms with E-state index in [1.165, 1.54) is 29.5 Å². The average molecular weight is 205 g/mol. The molecule has 0 aliphatic carbocycles. The van der Waals surface area contributed by atoms with Gasteiger partial charge in [-0.15, -0.1) is 0 Å². The Bertz CT molecular complexity index is 304. The Kier molecular flexibility index (Phi) is 4.83. The summed E-state index contributed by atoms with van der Waals surface area (Å²) in [7, 11) is 2.02. The first-order valence-electron chi connectivity index (χ1n) is 5.91. The normalized spacial score (nSPS) is 12.8. The number of hydrogen-bond acceptors (Lipinski definition) is 1. The highest BCUT2D eigenvalue weighted by Crippen LogP contribution is 2.27. The Labute approximate surface area is 93.9 Å². The van der Waals surface area contributed by atoms with E-state index in [-0.39, 0.29) is 0 Å². The van der Waals surface area contributed by atoms with Crippen molar-refractivity contribution in [1.29, 1.82) is 0 Å². The molecule has 0 radical (unpaired) electrons. The van der Waals surface area contributed by atoms with Crippen LogP contribution in [0.2, 0.25) is 0 Å². The van der Waals surface area contributed by atoms with Gasteiger partial charge >= 0.3 is 0 Å². The first-order chi connectivity index (χ1) is 7.20. The van der Waals surface area contributed by atoms with Crippen molar-refractivity contribution in [3.8, 4) is 0 Å². The quantitative estimate of drug-likeness (QED) is 0.777. The van der Waals surface area contributed by atoms with E-state index in [0.717, 1.165) is 6.54 Å². The Morgan fingerprint density at radius 3 is 2.60 bits per heavy atom. The van der Waals surface area contributed by atoms with Gasteiger partial charge in [-0.3, -0.25) is 0 Å². The van der Waals surface area contributed by atoms with E-state index < -0.39 is 0 Å². The molecular formula is C14H23N. The molecule has 1 nitrogen and oxygen atoms in total. The fourth-order valence-corrected chi connectivity index (χ4v) is 2.11. The van der Waals surface area contributed by atoms with Crippen LogP contribution in [-0.4, -0.2) is 13.6 Å². The summed E-state index contributed by atoms with van der Waals surface area (Å²) in [6.45, 7) is 7.82. The summed E-state index contributed by atoms with van der Waals surface area (Å²) in [4.78, 5) is 0. The van der Waals surface area contributed by atoms with Gasteiger partial charge in [0.25, 0.3) is 0 Å². The third-order valence-electron chi connectivity index (χ3n) is 3.32. The van der Waals surface area contributed by atoms with Gasteiger partial charge in [0.2, 0.25) is 0 Å². The maximum absolute atomic E-state index is 3.24. The fraction of sp³-hybridized carbons (Fsp3) is 0.571. The van der Waals surface area contributed by atoms with Crippen LogP contribution in [0.25, 0.3) is 0 Å². The molecule has 1 aromatic carbocycles. The summed E-state index contributed by atoms with van der Waals surface area (Å²) in [5.74, 6) is 0.706. The monoisotopic (exact) mass is 205 g/mol. The van der Waals surface area contributed by atoms with Crippen molar-refractivity contribution in [2.75, 3.05) is 13.6 Å². The molecule has 0 spiro atoms. The highest BCUT2D eigenvalue weighted by atomic mass is 14.8. The second-order valence-electron chi connectivity index (χ2n) is 4.29. The third kappa shape index (κ3) is 3.07. The summed E-state index contributed by atoms with van der Waals surface area (Å²) in [5.41, 5.74) is 4.42. The summed E-state index contributed by atoms with van der Waals surface area (Å²) >= 11 is 0. The van der Waals surface area contributed by atoms with Crippen molar-refractivity contribution in [3.05, 3.63) is 34.9 Å². The number of rotatable bonds is 5. The van der Waals surface area contributed by atoms with Crippen LogP contribution >= 0.6 is 0 Å². The summed E-state index contributed by atoms with van der Waals surface area (Å²) < 4.78 is 0. The van der Waals surface area contributed by atoms with Crippen LogP contribution < -0.4 is 5.32 Å². The second-order valence-corrected chi connectivity index (χ2v) is 4.29. The summed E-state index contributed by atoms with van der Waals surface area (Å²) in [6, 6.07) is 6.66. The van der Waals surface area contributed by atoms with Gasteiger partial charge in [-0.1, -0.05) is 25.1 Å². The van der Waals surface area contributed by atoms with E-state index in [2.05, 4.69) is 44.3 Å². The maximum atomic E-state index is 3.24. The predicted molar refractivity (Wildman–Crippen MR) is 67.5 cm³/mol. The van der Waals surface area contributed by atoms with Crippen LogP contribution in [-0.2, 0) is 0 Å². The third-order valence-corrected chi connectivity index (χ3v) is 3.32. The smallest absolute Gasteiger partial charge is 0.00461 e. The first-order valence-corrected chi connectivity index (χ1v) is 5.91. The van der Waals surface area contributed by atoms with Gasteiger partial charge in [0.1, 0.15) is 0 Å². The molecule has 0 saturated carbocycles. The molecular weight excluding hydrogens is 182 g/mol. The van der Waals surface area contributed by atoms with Crippen molar-refractivity contribution in [2.24, 2.45) is 0 Å². The SMILES string of the molecule is CCC(CCNC)c1cccc(C)c1C. The molecule has 1 atom stereocenters. The zero-order valence-corrected chi connectivity index (χ0v) is 10.4. The molecule has 84 valence electrons. The van der Waals surface area contributed by atoms with Gasteiger partial charge in [0.05, 0.1) is 0 Å². The van der Waals surface area contributed by atoms with Gasteiger partial charge in [0.15, 0.2) is 0 Å². The molecule has 0 bridgehead atoms. The van der Waals surface area contributed by atoms with Gasteiger partial charge in [0, 0.05) is 0 Å². The standard InChI is InChI=1S/C14H23N/c1-5-13(9-10-15-4)14-8-6-7-11(2)12(14)3/h6-8,13,15H,5,9-10H2,1-4H3. The topological polar surface area (TPSA) is 12.0 Å². The molecule has 0 aliphatic rings. The van der Waals surface area contributed by atoms with Crippen LogP contribution in [0, 0.1) is 13.8 Å². The highest BCUT2D eigenvalue weighted by molar-refractivity contribution is 5.35. The van der Waals surface area contributed by atoms with Crippen LogP contribution in [0.1, 0.15) is 42.4 Å². The lowest BCUT2D eigenvalue weighted by Gasteiger charge is -2.18. The molecule has 0 saturated heterocycles. The second kappa shape index (κ2) is 5.92. The van der Waals surface area contributed by atoms with E-state index in [0.29, 0.717) is 5.92 Å². The minimum atomic E-state index is 0.706. The Morgan fingerprint density at radius 1 is 1.27 bits per heavy atom. The number of nitrogens with one attached hydrogen (secondary N) is 1. The molecule has 0 fully saturated rings. The van der Waals surface area contributed by atoms with E-state index in [9.17, 15) is 0 Å². The molecule has 1 aromatic rings. The van der Waals surface area contributed by atoms with Crippen LogP contribution in [0.4, 0.5) is 0 Å². The zero-order valence-electron chi connectivity index (χ0n) is 10.4. The zero-order chi connectivity index (χ0) is 11.3. The van der Waals surface area contributed by atoms with Crippen molar-refractivity contribution >= 4 is 0 Å². The van der Waals surface area contributed by atoms with E-state index in [4.69, 9.17) is 0 Å². The lowest BCUT2D eigenvalue weighted by Crippen LogP contribution is -2.12. The summed E-state index contributed by atoms with van der Waals surface area (Å²) in [5, 5.41) is 3.24. The molecule has 15 heavy (non-hydrogen) atoms. The Balaban J connectivity index is 2.86. The molecule has 1 N–H and O–H groups in total. The molecule has 1 unspecified atom stereocenters. The highest BCUT2D eigenvalue weighted by Gasteiger charge is 2.11. The molecule has 0 aliphatic heterocycles. The largest absolute Gasteiger partial charge is 0.320 e. The Morgan fingerprint density at radius 2 is 2.00 bits per heavy atom. The average Bonchev–Trinajstić information content (AvgIpc) is 2.25. The molecule has 0 aromatic heterocycles. The van der Waals surface area contributed by atoms with Gasteiger partial charge < -0.3 is 5.32 Å². The lowest BCUT2D eigenvalue weighted by atomic mass is 9.88. The fourth-order valence-electron chi connectivity index (χ4n) is 2.11. The van der Waals surface area contributed by atoms with Crippen LogP contribution in [0.3, 0.4) is 0 Å². The lowest BCUT2D eigenvalue weighted by molar-refractivity contribution is 0.578. The molecule has 1 rings (SSSR count). The van der Waals surface area contributed by atoms with Crippen LogP contribution in [0.15, 0.2) is 18.2 Å². The van der Waals surface area contributed by atoms with Crippen molar-refractivity contribution in [3.63, 3.8) is 0 Å². The number of aryl methyl sites for hydroxylation is 1. The molecule has 0 heterocycles.